The minimum Gasteiger partial charge on any atom is -0.350 e. The number of nitrogens with zero attached hydrogens (tertiary/aromatic N) is 1. The van der Waals surface area contributed by atoms with Gasteiger partial charge in [0.25, 0.3) is 5.91 Å². The lowest BCUT2D eigenvalue weighted by Crippen LogP contribution is -2.38. The predicted molar refractivity (Wildman–Crippen MR) is 111 cm³/mol. The third-order valence-corrected chi connectivity index (χ3v) is 5.43. The fraction of sp³-hybridized carbons (Fsp3) is 0.300. The van der Waals surface area contributed by atoms with Gasteiger partial charge in [0.05, 0.1) is 23.2 Å². The summed E-state index contributed by atoms with van der Waals surface area (Å²) in [6, 6.07) is 8.51. The molecular formula is C20H23F2N3O4S. The van der Waals surface area contributed by atoms with Crippen LogP contribution in [0.4, 0.5) is 20.2 Å². The fourth-order valence-electron chi connectivity index (χ4n) is 2.58. The van der Waals surface area contributed by atoms with Crippen molar-refractivity contribution >= 4 is 33.2 Å². The van der Waals surface area contributed by atoms with Crippen LogP contribution in [0.15, 0.2) is 42.5 Å². The van der Waals surface area contributed by atoms with Crippen molar-refractivity contribution in [1.29, 1.82) is 0 Å². The molecular weight excluding hydrogens is 416 g/mol. The Labute approximate surface area is 174 Å². The second kappa shape index (κ2) is 9.66. The lowest BCUT2D eigenvalue weighted by Gasteiger charge is -2.22. The van der Waals surface area contributed by atoms with E-state index in [2.05, 4.69) is 10.6 Å². The molecule has 0 fully saturated rings. The Kier molecular flexibility index (Phi) is 7.49. The summed E-state index contributed by atoms with van der Waals surface area (Å²) in [5.41, 5.74) is -0.0850. The van der Waals surface area contributed by atoms with E-state index in [0.29, 0.717) is 16.8 Å². The zero-order valence-electron chi connectivity index (χ0n) is 16.8. The number of hydrogen-bond acceptors (Lipinski definition) is 4. The Morgan fingerprint density at radius 2 is 1.80 bits per heavy atom. The molecule has 0 aliphatic rings. The highest BCUT2D eigenvalue weighted by molar-refractivity contribution is 7.92. The maximum atomic E-state index is 14.1. The zero-order chi connectivity index (χ0) is 22.5. The van der Waals surface area contributed by atoms with E-state index >= 15 is 0 Å². The second-order valence-corrected chi connectivity index (χ2v) is 8.65. The van der Waals surface area contributed by atoms with Gasteiger partial charge < -0.3 is 10.6 Å². The number of hydrogen-bond donors (Lipinski definition) is 2. The molecule has 0 aliphatic carbocycles. The van der Waals surface area contributed by atoms with Crippen LogP contribution in [0.5, 0.6) is 0 Å². The first-order valence-electron chi connectivity index (χ1n) is 9.15. The molecule has 0 saturated carbocycles. The molecule has 2 rings (SSSR count). The highest BCUT2D eigenvalue weighted by Crippen LogP contribution is 2.23. The summed E-state index contributed by atoms with van der Waals surface area (Å²) in [5, 5.41) is 5.26. The van der Waals surface area contributed by atoms with Crippen molar-refractivity contribution in [1.82, 2.24) is 5.32 Å². The van der Waals surface area contributed by atoms with Crippen LogP contribution in [0, 0.1) is 11.6 Å². The molecule has 0 aromatic heterocycles. The van der Waals surface area contributed by atoms with E-state index in [0.717, 1.165) is 18.4 Å². The minimum atomic E-state index is -4.06. The molecule has 10 heteroatoms. The van der Waals surface area contributed by atoms with E-state index in [1.165, 1.54) is 12.1 Å². The number of carbonyl (C=O) groups is 2. The van der Waals surface area contributed by atoms with Crippen LogP contribution in [0.3, 0.4) is 0 Å². The van der Waals surface area contributed by atoms with Crippen LogP contribution < -0.4 is 14.9 Å². The van der Waals surface area contributed by atoms with E-state index < -0.39 is 45.7 Å². The number of halogens is 2. The Bertz CT molecular complexity index is 1040. The van der Waals surface area contributed by atoms with E-state index in [9.17, 15) is 26.8 Å². The van der Waals surface area contributed by atoms with E-state index in [4.69, 9.17) is 0 Å². The number of para-hydroxylation sites is 1. The molecule has 30 heavy (non-hydrogen) atoms. The van der Waals surface area contributed by atoms with Gasteiger partial charge in [0.15, 0.2) is 0 Å². The summed E-state index contributed by atoms with van der Waals surface area (Å²) < 4.78 is 52.0. The number of amides is 2. The van der Waals surface area contributed by atoms with E-state index in [-0.39, 0.29) is 17.3 Å². The molecule has 2 aromatic rings. The van der Waals surface area contributed by atoms with E-state index in [1.54, 1.807) is 12.1 Å². The van der Waals surface area contributed by atoms with Crippen LogP contribution in [-0.4, -0.2) is 39.1 Å². The van der Waals surface area contributed by atoms with Crippen molar-refractivity contribution in [3.63, 3.8) is 0 Å². The highest BCUT2D eigenvalue weighted by atomic mass is 32.2. The largest absolute Gasteiger partial charge is 0.350 e. The van der Waals surface area contributed by atoms with Crippen LogP contribution in [0.2, 0.25) is 0 Å². The van der Waals surface area contributed by atoms with E-state index in [1.807, 2.05) is 13.8 Å². The van der Waals surface area contributed by atoms with Gasteiger partial charge in [-0.1, -0.05) is 19.1 Å². The first-order valence-corrected chi connectivity index (χ1v) is 11.0. The molecule has 2 N–H and O–H groups in total. The summed E-state index contributed by atoms with van der Waals surface area (Å²) in [7, 11) is -4.06. The van der Waals surface area contributed by atoms with Gasteiger partial charge in [-0.15, -0.1) is 0 Å². The molecule has 162 valence electrons. The highest BCUT2D eigenvalue weighted by Gasteiger charge is 2.25. The van der Waals surface area contributed by atoms with Gasteiger partial charge in [-0.3, -0.25) is 13.9 Å². The van der Waals surface area contributed by atoms with Gasteiger partial charge in [0.1, 0.15) is 18.2 Å². The first-order chi connectivity index (χ1) is 14.0. The Hall–Kier alpha value is -3.01. The van der Waals surface area contributed by atoms with Crippen molar-refractivity contribution < 1.29 is 26.8 Å². The average molecular weight is 439 g/mol. The van der Waals surface area contributed by atoms with Gasteiger partial charge in [-0.2, -0.15) is 0 Å². The van der Waals surface area contributed by atoms with Crippen molar-refractivity contribution in [3.8, 4) is 0 Å². The average Bonchev–Trinajstić information content (AvgIpc) is 2.66. The maximum absolute atomic E-state index is 14.1. The smallest absolute Gasteiger partial charge is 0.253 e. The Morgan fingerprint density at radius 1 is 1.13 bits per heavy atom. The van der Waals surface area contributed by atoms with Gasteiger partial charge in [0.2, 0.25) is 15.9 Å². The van der Waals surface area contributed by atoms with Crippen molar-refractivity contribution in [3.05, 3.63) is 59.7 Å². The van der Waals surface area contributed by atoms with Gasteiger partial charge in [0, 0.05) is 12.1 Å². The molecule has 0 bridgehead atoms. The summed E-state index contributed by atoms with van der Waals surface area (Å²) in [4.78, 5) is 25.0. The molecule has 0 spiro atoms. The summed E-state index contributed by atoms with van der Waals surface area (Å²) in [6.45, 7) is 2.98. The van der Waals surface area contributed by atoms with Crippen molar-refractivity contribution in [2.24, 2.45) is 0 Å². The fourth-order valence-corrected chi connectivity index (χ4v) is 3.44. The molecule has 0 unspecified atom stereocenters. The monoisotopic (exact) mass is 439 g/mol. The lowest BCUT2D eigenvalue weighted by molar-refractivity contribution is -0.114. The van der Waals surface area contributed by atoms with Gasteiger partial charge in [-0.25, -0.2) is 17.2 Å². The lowest BCUT2D eigenvalue weighted by atomic mass is 10.1. The summed E-state index contributed by atoms with van der Waals surface area (Å²) in [5.74, 6) is -3.20. The number of carbonyl (C=O) groups excluding carboxylic acids is 2. The molecule has 2 amide bonds. The molecule has 0 saturated heterocycles. The molecule has 0 aliphatic heterocycles. The first kappa shape index (κ1) is 23.3. The van der Waals surface area contributed by atoms with Gasteiger partial charge in [-0.05, 0) is 37.6 Å². The third-order valence-electron chi connectivity index (χ3n) is 4.30. The third kappa shape index (κ3) is 5.99. The summed E-state index contributed by atoms with van der Waals surface area (Å²) >= 11 is 0. The number of benzene rings is 2. The van der Waals surface area contributed by atoms with Crippen molar-refractivity contribution in [2.45, 2.75) is 26.3 Å². The normalized spacial score (nSPS) is 12.2. The van der Waals surface area contributed by atoms with Gasteiger partial charge >= 0.3 is 0 Å². The standard InChI is InChI=1S/C20H23F2N3O4S/c1-4-13(2)23-20(27)15-7-5-6-8-17(15)24-19(26)12-25(30(3,28)29)18-10-9-14(21)11-16(18)22/h5-11,13H,4,12H2,1-3H3,(H,23,27)(H,24,26)/t13-/m1/s1. The molecule has 1 atom stereocenters. The number of rotatable bonds is 8. The maximum Gasteiger partial charge on any atom is 0.253 e. The second-order valence-electron chi connectivity index (χ2n) is 6.74. The van der Waals surface area contributed by atoms with Crippen LogP contribution in [0.1, 0.15) is 30.6 Å². The predicted octanol–water partition coefficient (Wildman–Crippen LogP) is 2.90. The molecule has 0 heterocycles. The SMILES string of the molecule is CC[C@@H](C)NC(=O)c1ccccc1NC(=O)CN(c1ccc(F)cc1F)S(C)(=O)=O. The number of sulfonamides is 1. The Balaban J connectivity index is 2.26. The molecule has 0 radical (unpaired) electrons. The zero-order valence-corrected chi connectivity index (χ0v) is 17.6. The quantitative estimate of drug-likeness (QED) is 0.661. The van der Waals surface area contributed by atoms with Crippen LogP contribution >= 0.6 is 0 Å². The number of anilines is 2. The molecule has 2 aromatic carbocycles. The topological polar surface area (TPSA) is 95.6 Å². The number of nitrogens with one attached hydrogen (secondary N) is 2. The van der Waals surface area contributed by atoms with Crippen molar-refractivity contribution in [2.75, 3.05) is 22.4 Å². The van der Waals surface area contributed by atoms with Crippen LogP contribution in [-0.2, 0) is 14.8 Å². The molecule has 7 nitrogen and oxygen atoms in total. The van der Waals surface area contributed by atoms with Crippen LogP contribution in [0.25, 0.3) is 0 Å². The summed E-state index contributed by atoms with van der Waals surface area (Å²) in [6.07, 6.45) is 1.52. The minimum absolute atomic E-state index is 0.0802. The Morgan fingerprint density at radius 3 is 2.40 bits per heavy atom.